The van der Waals surface area contributed by atoms with E-state index in [1.165, 1.54) is 6.39 Å². The summed E-state index contributed by atoms with van der Waals surface area (Å²) in [7, 11) is 0. The Balaban J connectivity index is 2.15. The van der Waals surface area contributed by atoms with Crippen molar-refractivity contribution in [1.82, 2.24) is 9.88 Å². The number of rotatable bonds is 4. The van der Waals surface area contributed by atoms with E-state index in [4.69, 9.17) is 4.42 Å². The summed E-state index contributed by atoms with van der Waals surface area (Å²) in [6.07, 6.45) is 3.10. The summed E-state index contributed by atoms with van der Waals surface area (Å²) in [6.45, 7) is 4.35. The van der Waals surface area contributed by atoms with Gasteiger partial charge >= 0.3 is 5.97 Å². The van der Waals surface area contributed by atoms with Gasteiger partial charge in [-0.1, -0.05) is 13.3 Å². The lowest BCUT2D eigenvalue weighted by atomic mass is 9.83. The molecule has 6 heteroatoms. The molecule has 0 spiro atoms. The highest BCUT2D eigenvalue weighted by Crippen LogP contribution is 2.36. The summed E-state index contributed by atoms with van der Waals surface area (Å²) in [5.74, 6) is -0.883. The van der Waals surface area contributed by atoms with Crippen molar-refractivity contribution >= 4 is 11.9 Å². The summed E-state index contributed by atoms with van der Waals surface area (Å²) in [4.78, 5) is 29.1. The molecule has 1 unspecified atom stereocenters. The number of aliphatic carboxylic acids is 1. The number of likely N-dealkylation sites (tertiary alicyclic amines) is 1. The predicted octanol–water partition coefficient (Wildman–Crippen LogP) is 1.70. The van der Waals surface area contributed by atoms with Crippen LogP contribution in [0.15, 0.2) is 10.8 Å². The Labute approximate surface area is 111 Å². The number of hydrogen-bond donors (Lipinski definition) is 1. The van der Waals surface area contributed by atoms with Gasteiger partial charge in [0.25, 0.3) is 5.91 Å². The molecule has 0 radical (unpaired) electrons. The molecule has 0 aliphatic carbocycles. The van der Waals surface area contributed by atoms with E-state index in [1.807, 2.05) is 6.92 Å². The second-order valence-electron chi connectivity index (χ2n) is 5.08. The summed E-state index contributed by atoms with van der Waals surface area (Å²) in [5.41, 5.74) is -0.272. The van der Waals surface area contributed by atoms with E-state index in [9.17, 15) is 14.7 Å². The van der Waals surface area contributed by atoms with Gasteiger partial charge in [0.15, 0.2) is 6.39 Å². The maximum Gasteiger partial charge on any atom is 0.311 e. The van der Waals surface area contributed by atoms with Gasteiger partial charge in [0, 0.05) is 13.1 Å². The zero-order valence-electron chi connectivity index (χ0n) is 11.2. The first-order valence-corrected chi connectivity index (χ1v) is 6.43. The molecule has 2 heterocycles. The highest BCUT2D eigenvalue weighted by atomic mass is 16.4. The third-order valence-electron chi connectivity index (χ3n) is 3.76. The first kappa shape index (κ1) is 13.6. The van der Waals surface area contributed by atoms with Gasteiger partial charge in [-0.2, -0.15) is 0 Å². The Morgan fingerprint density at radius 3 is 2.84 bits per heavy atom. The molecule has 1 aliphatic rings. The van der Waals surface area contributed by atoms with Crippen LogP contribution in [0.25, 0.3) is 0 Å². The molecular formula is C13H18N2O4. The quantitative estimate of drug-likeness (QED) is 0.896. The highest BCUT2D eigenvalue weighted by molar-refractivity contribution is 5.93. The maximum atomic E-state index is 12.2. The number of carboxylic acid groups (broad SMARTS) is 1. The van der Waals surface area contributed by atoms with Crippen LogP contribution in [0.4, 0.5) is 0 Å². The van der Waals surface area contributed by atoms with Crippen molar-refractivity contribution in [2.45, 2.75) is 33.1 Å². The van der Waals surface area contributed by atoms with Gasteiger partial charge in [-0.05, 0) is 19.8 Å². The number of nitrogens with zero attached hydrogens (tertiary/aromatic N) is 2. The lowest BCUT2D eigenvalue weighted by Gasteiger charge is -2.23. The van der Waals surface area contributed by atoms with Gasteiger partial charge in [0.05, 0.1) is 11.1 Å². The molecule has 1 saturated heterocycles. The number of hydrogen-bond acceptors (Lipinski definition) is 4. The van der Waals surface area contributed by atoms with Gasteiger partial charge in [0.1, 0.15) is 0 Å². The monoisotopic (exact) mass is 266 g/mol. The van der Waals surface area contributed by atoms with Crippen LogP contribution in [-0.4, -0.2) is 40.0 Å². The molecule has 1 aromatic rings. The minimum absolute atomic E-state index is 0.206. The Bertz CT molecular complexity index is 497. The average Bonchev–Trinajstić information content (AvgIpc) is 2.96. The van der Waals surface area contributed by atoms with Crippen molar-refractivity contribution in [3.63, 3.8) is 0 Å². The van der Waals surface area contributed by atoms with Crippen molar-refractivity contribution in [1.29, 1.82) is 0 Å². The van der Waals surface area contributed by atoms with Crippen molar-refractivity contribution in [3.8, 4) is 0 Å². The Morgan fingerprint density at radius 1 is 1.58 bits per heavy atom. The second-order valence-corrected chi connectivity index (χ2v) is 5.08. The molecule has 6 nitrogen and oxygen atoms in total. The summed E-state index contributed by atoms with van der Waals surface area (Å²) < 4.78 is 5.08. The van der Waals surface area contributed by atoms with Crippen LogP contribution < -0.4 is 0 Å². The number of carboxylic acids is 1. The molecule has 1 N–H and O–H groups in total. The Morgan fingerprint density at radius 2 is 2.32 bits per heavy atom. The molecule has 0 bridgehead atoms. The lowest BCUT2D eigenvalue weighted by Crippen LogP contribution is -2.37. The standard InChI is InChI=1S/C13H18N2O4/c1-3-4-13(12(17)18)5-6-15(7-13)11(16)10-9(2)14-8-19-10/h8H,3-7H2,1-2H3,(H,17,18). The second kappa shape index (κ2) is 5.03. The van der Waals surface area contributed by atoms with Gasteiger partial charge in [-0.3, -0.25) is 9.59 Å². The van der Waals surface area contributed by atoms with Gasteiger partial charge in [-0.25, -0.2) is 4.98 Å². The van der Waals surface area contributed by atoms with Crippen molar-refractivity contribution < 1.29 is 19.1 Å². The topological polar surface area (TPSA) is 83.6 Å². The fourth-order valence-electron chi connectivity index (χ4n) is 2.66. The van der Waals surface area contributed by atoms with Crippen LogP contribution in [0.2, 0.25) is 0 Å². The molecule has 1 aromatic heterocycles. The van der Waals surface area contributed by atoms with Gasteiger partial charge in [-0.15, -0.1) is 0 Å². The first-order valence-electron chi connectivity index (χ1n) is 6.43. The van der Waals surface area contributed by atoms with Crippen molar-refractivity contribution in [2.24, 2.45) is 5.41 Å². The van der Waals surface area contributed by atoms with E-state index < -0.39 is 11.4 Å². The largest absolute Gasteiger partial charge is 0.481 e. The fourth-order valence-corrected chi connectivity index (χ4v) is 2.66. The zero-order chi connectivity index (χ0) is 14.0. The highest BCUT2D eigenvalue weighted by Gasteiger charge is 2.46. The number of aryl methyl sites for hydroxylation is 1. The number of oxazole rings is 1. The summed E-state index contributed by atoms with van der Waals surface area (Å²) in [6, 6.07) is 0. The van der Waals surface area contributed by atoms with E-state index in [-0.39, 0.29) is 18.2 Å². The molecule has 1 amide bonds. The molecule has 1 atom stereocenters. The van der Waals surface area contributed by atoms with Crippen molar-refractivity contribution in [2.75, 3.05) is 13.1 Å². The van der Waals surface area contributed by atoms with Gasteiger partial charge in [0.2, 0.25) is 5.76 Å². The smallest absolute Gasteiger partial charge is 0.311 e. The van der Waals surface area contributed by atoms with E-state index in [0.717, 1.165) is 6.42 Å². The van der Waals surface area contributed by atoms with E-state index in [1.54, 1.807) is 11.8 Å². The van der Waals surface area contributed by atoms with Crippen molar-refractivity contribution in [3.05, 3.63) is 17.8 Å². The molecule has 2 rings (SSSR count). The minimum Gasteiger partial charge on any atom is -0.481 e. The van der Waals surface area contributed by atoms with E-state index in [0.29, 0.717) is 25.1 Å². The Hall–Kier alpha value is -1.85. The van der Waals surface area contributed by atoms with Crippen LogP contribution in [0, 0.1) is 12.3 Å². The maximum absolute atomic E-state index is 12.2. The molecule has 1 fully saturated rings. The third kappa shape index (κ3) is 2.34. The lowest BCUT2D eigenvalue weighted by molar-refractivity contribution is -0.148. The third-order valence-corrected chi connectivity index (χ3v) is 3.76. The van der Waals surface area contributed by atoms with Crippen LogP contribution in [-0.2, 0) is 4.79 Å². The molecule has 1 aliphatic heterocycles. The molecular weight excluding hydrogens is 248 g/mol. The number of carbonyl (C=O) groups excluding carboxylic acids is 1. The first-order chi connectivity index (χ1) is 9.00. The van der Waals surface area contributed by atoms with E-state index in [2.05, 4.69) is 4.98 Å². The van der Waals surface area contributed by atoms with Gasteiger partial charge < -0.3 is 14.4 Å². The zero-order valence-corrected chi connectivity index (χ0v) is 11.2. The predicted molar refractivity (Wildman–Crippen MR) is 66.7 cm³/mol. The number of aromatic nitrogens is 1. The summed E-state index contributed by atoms with van der Waals surface area (Å²) >= 11 is 0. The van der Waals surface area contributed by atoms with Crippen LogP contribution in [0.3, 0.4) is 0 Å². The number of amides is 1. The van der Waals surface area contributed by atoms with E-state index >= 15 is 0 Å². The SMILES string of the molecule is CCCC1(C(=O)O)CCN(C(=O)c2ocnc2C)C1. The summed E-state index contributed by atoms with van der Waals surface area (Å²) in [5, 5.41) is 9.41. The molecule has 0 aromatic carbocycles. The fraction of sp³-hybridized carbons (Fsp3) is 0.615. The minimum atomic E-state index is -0.820. The normalized spacial score (nSPS) is 22.7. The van der Waals surface area contributed by atoms with Crippen LogP contribution in [0.1, 0.15) is 42.4 Å². The number of carbonyl (C=O) groups is 2. The Kier molecular flexibility index (Phi) is 3.59. The average molecular weight is 266 g/mol. The molecule has 0 saturated carbocycles. The van der Waals surface area contributed by atoms with Crippen LogP contribution >= 0.6 is 0 Å². The van der Waals surface area contributed by atoms with Crippen LogP contribution in [0.5, 0.6) is 0 Å². The molecule has 19 heavy (non-hydrogen) atoms. The molecule has 104 valence electrons.